The minimum absolute atomic E-state index is 0.186. The van der Waals surface area contributed by atoms with Crippen molar-refractivity contribution < 1.29 is 4.74 Å². The van der Waals surface area contributed by atoms with Crippen LogP contribution in [0, 0.1) is 16.7 Å². The van der Waals surface area contributed by atoms with Gasteiger partial charge in [0.25, 0.3) is 0 Å². The number of fused-ring (bicyclic) bond motifs is 1. The van der Waals surface area contributed by atoms with Crippen LogP contribution in [-0.2, 0) is 0 Å². The third-order valence-corrected chi connectivity index (χ3v) is 4.84. The molecule has 4 nitrogen and oxygen atoms in total. The monoisotopic (exact) mass is 361 g/mol. The summed E-state index contributed by atoms with van der Waals surface area (Å²) in [5.74, 6) is 3.93. The van der Waals surface area contributed by atoms with Gasteiger partial charge in [-0.05, 0) is 30.3 Å². The topological polar surface area (TPSA) is 50.5 Å². The highest BCUT2D eigenvalue weighted by atomic mass is 28.3. The predicted molar refractivity (Wildman–Crippen MR) is 111 cm³/mol. The predicted octanol–water partition coefficient (Wildman–Crippen LogP) is 3.53. The van der Waals surface area contributed by atoms with Gasteiger partial charge in [0.2, 0.25) is 12.3 Å². The number of benzene rings is 2. The summed E-state index contributed by atoms with van der Waals surface area (Å²) < 4.78 is 1.01. The second-order valence-corrected chi connectivity index (χ2v) is 12.0. The fraction of sp³-hybridized carbons (Fsp3) is 0.238. The molecule has 2 aromatic rings. The molecule has 0 bridgehead atoms. The average Bonchev–Trinajstić information content (AvgIpc) is 2.75. The quantitative estimate of drug-likeness (QED) is 0.366. The zero-order chi connectivity index (χ0) is 18.7. The number of hydrogen-bond acceptors (Lipinski definition) is 3. The van der Waals surface area contributed by atoms with E-state index in [1.807, 2.05) is 48.5 Å². The molecule has 0 atom stereocenters. The van der Waals surface area contributed by atoms with E-state index in [4.69, 9.17) is 0 Å². The van der Waals surface area contributed by atoms with Crippen LogP contribution in [0.15, 0.2) is 53.5 Å². The van der Waals surface area contributed by atoms with Gasteiger partial charge in [-0.2, -0.15) is 4.74 Å². The molecule has 0 saturated heterocycles. The van der Waals surface area contributed by atoms with E-state index in [0.717, 1.165) is 27.1 Å². The highest BCUT2D eigenvalue weighted by molar-refractivity contribution is 6.83. The molecule has 5 heteroatoms. The van der Waals surface area contributed by atoms with Gasteiger partial charge in [-0.15, -0.1) is 5.54 Å². The number of likely N-dealkylation sites (N-methyl/N-ethyl adjacent to an activating group) is 1. The maximum Gasteiger partial charge on any atom is 0.228 e. The third kappa shape index (κ3) is 4.03. The zero-order valence-electron chi connectivity index (χ0n) is 15.6. The SMILES string of the molecule is CNC1=Nc2ccc(C#C[Si](C)(C)C)cc2C(c2ccccc2)=[N+]([O-])C1. The van der Waals surface area contributed by atoms with Gasteiger partial charge in [0.05, 0.1) is 11.3 Å². The molecule has 1 aliphatic heterocycles. The van der Waals surface area contributed by atoms with Crippen LogP contribution in [0.5, 0.6) is 0 Å². The van der Waals surface area contributed by atoms with Crippen molar-refractivity contribution in [3.05, 3.63) is 70.4 Å². The van der Waals surface area contributed by atoms with E-state index in [-0.39, 0.29) is 6.54 Å². The molecule has 0 spiro atoms. The largest absolute Gasteiger partial charge is 0.623 e. The van der Waals surface area contributed by atoms with Crippen molar-refractivity contribution >= 4 is 25.3 Å². The average molecular weight is 362 g/mol. The van der Waals surface area contributed by atoms with Crippen molar-refractivity contribution in [2.24, 2.45) is 4.99 Å². The van der Waals surface area contributed by atoms with Gasteiger partial charge in [-0.25, -0.2) is 4.99 Å². The first-order chi connectivity index (χ1) is 12.4. The zero-order valence-corrected chi connectivity index (χ0v) is 16.6. The lowest BCUT2D eigenvalue weighted by molar-refractivity contribution is -0.439. The second kappa shape index (κ2) is 7.18. The lowest BCUT2D eigenvalue weighted by Crippen LogP contribution is -2.29. The molecule has 0 unspecified atom stereocenters. The number of nitrogens with one attached hydrogen (secondary N) is 1. The van der Waals surface area contributed by atoms with Crippen LogP contribution >= 0.6 is 0 Å². The summed E-state index contributed by atoms with van der Waals surface area (Å²) >= 11 is 0. The van der Waals surface area contributed by atoms with E-state index >= 15 is 0 Å². The van der Waals surface area contributed by atoms with E-state index in [1.165, 1.54) is 0 Å². The van der Waals surface area contributed by atoms with Gasteiger partial charge < -0.3 is 10.5 Å². The fourth-order valence-electron chi connectivity index (χ4n) is 2.72. The third-order valence-electron chi connectivity index (χ3n) is 3.97. The van der Waals surface area contributed by atoms with Crippen LogP contribution in [0.1, 0.15) is 16.7 Å². The Morgan fingerprint density at radius 2 is 1.85 bits per heavy atom. The fourth-order valence-corrected chi connectivity index (χ4v) is 3.24. The van der Waals surface area contributed by atoms with Crippen LogP contribution in [0.25, 0.3) is 0 Å². The molecule has 132 valence electrons. The Morgan fingerprint density at radius 1 is 1.12 bits per heavy atom. The van der Waals surface area contributed by atoms with Crippen molar-refractivity contribution in [3.8, 4) is 11.5 Å². The number of hydrogen-bond donors (Lipinski definition) is 1. The Morgan fingerprint density at radius 3 is 2.50 bits per heavy atom. The minimum atomic E-state index is -1.47. The maximum absolute atomic E-state index is 12.9. The maximum atomic E-state index is 12.9. The number of hydroxylamine groups is 1. The van der Waals surface area contributed by atoms with Crippen molar-refractivity contribution in [1.29, 1.82) is 0 Å². The lowest BCUT2D eigenvalue weighted by atomic mass is 9.98. The Bertz CT molecular complexity index is 945. The molecule has 0 amide bonds. The van der Waals surface area contributed by atoms with Gasteiger partial charge in [-0.3, -0.25) is 0 Å². The first-order valence-electron chi connectivity index (χ1n) is 8.67. The summed E-state index contributed by atoms with van der Waals surface area (Å²) in [5.41, 5.74) is 7.41. The van der Waals surface area contributed by atoms with Crippen LogP contribution in [0.3, 0.4) is 0 Å². The summed E-state index contributed by atoms with van der Waals surface area (Å²) in [5, 5.41) is 15.9. The van der Waals surface area contributed by atoms with E-state index < -0.39 is 8.07 Å². The number of amidine groups is 1. The molecule has 26 heavy (non-hydrogen) atoms. The molecule has 1 aliphatic rings. The van der Waals surface area contributed by atoms with E-state index in [0.29, 0.717) is 11.5 Å². The van der Waals surface area contributed by atoms with Crippen LogP contribution in [-0.4, -0.2) is 38.0 Å². The minimum Gasteiger partial charge on any atom is -0.623 e. The van der Waals surface area contributed by atoms with Gasteiger partial charge in [0.1, 0.15) is 8.07 Å². The Labute approximate surface area is 155 Å². The summed E-state index contributed by atoms with van der Waals surface area (Å²) in [4.78, 5) is 4.64. The highest BCUT2D eigenvalue weighted by Gasteiger charge is 2.24. The summed E-state index contributed by atoms with van der Waals surface area (Å²) in [6.07, 6.45) is 0. The molecule has 3 rings (SSSR count). The number of rotatable bonds is 1. The van der Waals surface area contributed by atoms with E-state index in [2.05, 4.69) is 41.4 Å². The van der Waals surface area contributed by atoms with Crippen LogP contribution in [0.4, 0.5) is 5.69 Å². The van der Waals surface area contributed by atoms with E-state index in [1.54, 1.807) is 7.05 Å². The number of nitrogens with zero attached hydrogens (tertiary/aromatic N) is 2. The number of aliphatic imine (C=N–C) groups is 1. The molecular weight excluding hydrogens is 338 g/mol. The normalized spacial score (nSPS) is 13.9. The lowest BCUT2D eigenvalue weighted by Gasteiger charge is -2.11. The van der Waals surface area contributed by atoms with Gasteiger partial charge in [-0.1, -0.05) is 43.8 Å². The van der Waals surface area contributed by atoms with Crippen molar-refractivity contribution in [3.63, 3.8) is 0 Å². The molecular formula is C21H23N3OSi. The first kappa shape index (κ1) is 18.0. The summed E-state index contributed by atoms with van der Waals surface area (Å²) in [6.45, 7) is 6.83. The van der Waals surface area contributed by atoms with Gasteiger partial charge in [0.15, 0.2) is 5.84 Å². The van der Waals surface area contributed by atoms with Crippen LogP contribution in [0.2, 0.25) is 19.6 Å². The van der Waals surface area contributed by atoms with Crippen molar-refractivity contribution in [1.82, 2.24) is 5.32 Å². The molecule has 1 heterocycles. The Balaban J connectivity index is 2.21. The van der Waals surface area contributed by atoms with Crippen molar-refractivity contribution in [2.75, 3.05) is 13.6 Å². The van der Waals surface area contributed by atoms with Gasteiger partial charge >= 0.3 is 0 Å². The summed E-state index contributed by atoms with van der Waals surface area (Å²) in [7, 11) is 0.311. The summed E-state index contributed by atoms with van der Waals surface area (Å²) in [6, 6.07) is 15.6. The smallest absolute Gasteiger partial charge is 0.228 e. The standard InChI is InChI=1S/C21H23N3OSi/c1-22-20-15-24(25)21(17-8-6-5-7-9-17)18-14-16(10-11-19(18)23-20)12-13-26(2,3)4/h5-11,14H,15H2,1-4H3,(H,22,23). The highest BCUT2D eigenvalue weighted by Crippen LogP contribution is 2.26. The van der Waals surface area contributed by atoms with E-state index in [9.17, 15) is 5.21 Å². The Kier molecular flexibility index (Phi) is 4.96. The molecule has 0 aliphatic carbocycles. The van der Waals surface area contributed by atoms with Gasteiger partial charge in [0, 0.05) is 18.2 Å². The van der Waals surface area contributed by atoms with Crippen LogP contribution < -0.4 is 5.32 Å². The second-order valence-electron chi connectivity index (χ2n) is 7.29. The molecule has 2 aromatic carbocycles. The molecule has 1 N–H and O–H groups in total. The van der Waals surface area contributed by atoms with Crippen molar-refractivity contribution in [2.45, 2.75) is 19.6 Å². The molecule has 0 radical (unpaired) electrons. The first-order valence-corrected chi connectivity index (χ1v) is 12.2. The Hall–Kier alpha value is -2.84. The molecule has 0 saturated carbocycles. The molecule has 0 fully saturated rings. The molecule has 0 aromatic heterocycles.